The van der Waals surface area contributed by atoms with Crippen LogP contribution in [0.2, 0.25) is 0 Å². The van der Waals surface area contributed by atoms with Crippen molar-refractivity contribution in [1.82, 2.24) is 8.87 Å². The van der Waals surface area contributed by atoms with Crippen molar-refractivity contribution in [3.63, 3.8) is 0 Å². The van der Waals surface area contributed by atoms with Gasteiger partial charge in [-0.1, -0.05) is 6.92 Å². The molecule has 1 aromatic rings. The highest BCUT2D eigenvalue weighted by Crippen LogP contribution is 2.38. The van der Waals surface area contributed by atoms with Crippen molar-refractivity contribution in [1.29, 1.82) is 0 Å². The Hall–Kier alpha value is -0.850. The molecule has 0 amide bonds. The molecule has 2 aliphatic rings. The number of nitrogens with zero attached hydrogens (tertiary/aromatic N) is 2. The van der Waals surface area contributed by atoms with E-state index in [4.69, 9.17) is 0 Å². The van der Waals surface area contributed by atoms with E-state index in [-0.39, 0.29) is 12.6 Å². The van der Waals surface area contributed by atoms with E-state index in [1.165, 1.54) is 0 Å². The first-order valence-corrected chi connectivity index (χ1v) is 9.22. The Labute approximate surface area is 126 Å². The highest BCUT2D eigenvalue weighted by Gasteiger charge is 2.36. The van der Waals surface area contributed by atoms with E-state index in [9.17, 15) is 13.5 Å². The molecule has 1 saturated heterocycles. The molecule has 1 aromatic heterocycles. The van der Waals surface area contributed by atoms with E-state index in [1.807, 2.05) is 11.5 Å². The van der Waals surface area contributed by atoms with Crippen LogP contribution in [0.1, 0.15) is 51.3 Å². The van der Waals surface area contributed by atoms with Crippen LogP contribution < -0.4 is 0 Å². The van der Waals surface area contributed by atoms with Gasteiger partial charge in [0.05, 0.1) is 6.61 Å². The number of aromatic nitrogens is 1. The summed E-state index contributed by atoms with van der Waals surface area (Å²) >= 11 is 0. The summed E-state index contributed by atoms with van der Waals surface area (Å²) in [7, 11) is -3.46. The quantitative estimate of drug-likeness (QED) is 0.926. The van der Waals surface area contributed by atoms with Gasteiger partial charge in [-0.05, 0) is 44.6 Å². The fraction of sp³-hybridized carbons (Fsp3) is 0.733. The van der Waals surface area contributed by atoms with Crippen molar-refractivity contribution in [3.8, 4) is 0 Å². The topological polar surface area (TPSA) is 62.5 Å². The van der Waals surface area contributed by atoms with Crippen LogP contribution in [0.5, 0.6) is 0 Å². The molecule has 1 aliphatic carbocycles. The zero-order valence-electron chi connectivity index (χ0n) is 12.7. The van der Waals surface area contributed by atoms with Gasteiger partial charge in [0.1, 0.15) is 4.90 Å². The second kappa shape index (κ2) is 5.41. The molecular weight excluding hydrogens is 288 g/mol. The number of aliphatic hydroxyl groups is 1. The maximum Gasteiger partial charge on any atom is 0.244 e. The van der Waals surface area contributed by atoms with Crippen molar-refractivity contribution in [3.05, 3.63) is 18.0 Å². The van der Waals surface area contributed by atoms with Crippen LogP contribution in [-0.2, 0) is 16.6 Å². The lowest BCUT2D eigenvalue weighted by molar-refractivity contribution is 0.202. The molecule has 1 N–H and O–H groups in total. The summed E-state index contributed by atoms with van der Waals surface area (Å²) in [5.41, 5.74) is 0.703. The molecular formula is C15H24N2O3S. The second-order valence-electron chi connectivity index (χ2n) is 6.44. The highest BCUT2D eigenvalue weighted by atomic mass is 32.2. The van der Waals surface area contributed by atoms with Gasteiger partial charge in [0.15, 0.2) is 0 Å². The lowest BCUT2D eigenvalue weighted by Crippen LogP contribution is -2.45. The summed E-state index contributed by atoms with van der Waals surface area (Å²) in [6.07, 6.45) is 5.85. The molecule has 0 aromatic carbocycles. The standard InChI is InChI=1S/C15H24N2O3S/c1-11-4-3-7-17(12(11)2)21(19,20)15-8-14(10-18)16(9-15)13-5-6-13/h8-9,11-13,18H,3-7,10H2,1-2H3. The van der Waals surface area contributed by atoms with Crippen LogP contribution in [0.15, 0.2) is 17.2 Å². The molecule has 1 saturated carbocycles. The van der Waals surface area contributed by atoms with Crippen molar-refractivity contribution in [2.75, 3.05) is 6.54 Å². The smallest absolute Gasteiger partial charge is 0.244 e. The number of sulfonamides is 1. The van der Waals surface area contributed by atoms with Gasteiger partial charge >= 0.3 is 0 Å². The Kier molecular flexibility index (Phi) is 3.88. The van der Waals surface area contributed by atoms with Gasteiger partial charge < -0.3 is 9.67 Å². The summed E-state index contributed by atoms with van der Waals surface area (Å²) < 4.78 is 29.4. The third kappa shape index (κ3) is 2.64. The van der Waals surface area contributed by atoms with Crippen LogP contribution >= 0.6 is 0 Å². The first-order valence-electron chi connectivity index (χ1n) is 7.78. The van der Waals surface area contributed by atoms with E-state index in [1.54, 1.807) is 16.6 Å². The summed E-state index contributed by atoms with van der Waals surface area (Å²) in [5, 5.41) is 9.45. The van der Waals surface area contributed by atoms with Crippen LogP contribution in [0.4, 0.5) is 0 Å². The first-order chi connectivity index (χ1) is 9.95. The average molecular weight is 312 g/mol. The molecule has 1 aliphatic heterocycles. The van der Waals surface area contributed by atoms with Gasteiger partial charge in [0.25, 0.3) is 0 Å². The van der Waals surface area contributed by atoms with Crippen LogP contribution in [0, 0.1) is 5.92 Å². The van der Waals surface area contributed by atoms with Crippen LogP contribution in [-0.4, -0.2) is 35.0 Å². The lowest BCUT2D eigenvalue weighted by Gasteiger charge is -2.36. The summed E-state index contributed by atoms with van der Waals surface area (Å²) in [5.74, 6) is 0.386. The highest BCUT2D eigenvalue weighted by molar-refractivity contribution is 7.89. The predicted molar refractivity (Wildman–Crippen MR) is 80.4 cm³/mol. The first kappa shape index (κ1) is 15.1. The number of piperidine rings is 1. The van der Waals surface area contributed by atoms with Gasteiger partial charge in [0, 0.05) is 30.5 Å². The Morgan fingerprint density at radius 1 is 1.29 bits per heavy atom. The maximum absolute atomic E-state index is 12.9. The average Bonchev–Trinajstić information content (AvgIpc) is 3.20. The molecule has 2 unspecified atom stereocenters. The van der Waals surface area contributed by atoms with E-state index < -0.39 is 10.0 Å². The molecule has 6 heteroatoms. The summed E-state index contributed by atoms with van der Waals surface area (Å²) in [6.45, 7) is 4.59. The fourth-order valence-electron chi connectivity index (χ4n) is 3.23. The van der Waals surface area contributed by atoms with E-state index in [2.05, 4.69) is 6.92 Å². The molecule has 2 heterocycles. The van der Waals surface area contributed by atoms with Gasteiger partial charge in [-0.2, -0.15) is 4.31 Å². The number of rotatable bonds is 4. The predicted octanol–water partition coefficient (Wildman–Crippen LogP) is 2.12. The lowest BCUT2D eigenvalue weighted by atomic mass is 9.94. The zero-order chi connectivity index (χ0) is 15.2. The van der Waals surface area contributed by atoms with Gasteiger partial charge in [-0.15, -0.1) is 0 Å². The van der Waals surface area contributed by atoms with E-state index in [0.29, 0.717) is 29.1 Å². The molecule has 0 bridgehead atoms. The summed E-state index contributed by atoms with van der Waals surface area (Å²) in [6, 6.07) is 2.04. The minimum Gasteiger partial charge on any atom is -0.390 e. The van der Waals surface area contributed by atoms with Crippen LogP contribution in [0.3, 0.4) is 0 Å². The third-order valence-corrected chi connectivity index (χ3v) is 6.88. The van der Waals surface area contributed by atoms with Gasteiger partial charge in [-0.25, -0.2) is 8.42 Å². The molecule has 3 rings (SSSR count). The van der Waals surface area contributed by atoms with E-state index in [0.717, 1.165) is 25.7 Å². The van der Waals surface area contributed by atoms with E-state index >= 15 is 0 Å². The largest absolute Gasteiger partial charge is 0.390 e. The Bertz CT molecular complexity index is 619. The fourth-order valence-corrected chi connectivity index (χ4v) is 5.05. The molecule has 5 nitrogen and oxygen atoms in total. The van der Waals surface area contributed by atoms with Crippen molar-refractivity contribution in [2.45, 2.75) is 63.1 Å². The Morgan fingerprint density at radius 3 is 2.62 bits per heavy atom. The molecule has 0 radical (unpaired) electrons. The van der Waals surface area contributed by atoms with Crippen molar-refractivity contribution >= 4 is 10.0 Å². The Morgan fingerprint density at radius 2 is 2.00 bits per heavy atom. The number of hydrogen-bond acceptors (Lipinski definition) is 3. The SMILES string of the molecule is CC1CCCN(S(=O)(=O)c2cc(CO)n(C3CC3)c2)C1C. The molecule has 118 valence electrons. The molecule has 21 heavy (non-hydrogen) atoms. The van der Waals surface area contributed by atoms with Crippen molar-refractivity contribution < 1.29 is 13.5 Å². The summed E-state index contributed by atoms with van der Waals surface area (Å²) in [4.78, 5) is 0.333. The molecule has 2 atom stereocenters. The third-order valence-electron chi connectivity index (χ3n) is 4.93. The minimum absolute atomic E-state index is 0.0330. The van der Waals surface area contributed by atoms with Crippen LogP contribution in [0.25, 0.3) is 0 Å². The zero-order valence-corrected chi connectivity index (χ0v) is 13.5. The molecule has 0 spiro atoms. The normalized spacial score (nSPS) is 28.0. The maximum atomic E-state index is 12.9. The monoisotopic (exact) mass is 312 g/mol. The number of hydrogen-bond donors (Lipinski definition) is 1. The molecule has 2 fully saturated rings. The van der Waals surface area contributed by atoms with Gasteiger partial charge in [0.2, 0.25) is 10.0 Å². The minimum atomic E-state index is -3.46. The van der Waals surface area contributed by atoms with Gasteiger partial charge in [-0.3, -0.25) is 0 Å². The Balaban J connectivity index is 1.94. The number of aliphatic hydroxyl groups excluding tert-OH is 1. The van der Waals surface area contributed by atoms with Crippen molar-refractivity contribution in [2.24, 2.45) is 5.92 Å². The second-order valence-corrected chi connectivity index (χ2v) is 8.33.